The van der Waals surface area contributed by atoms with Gasteiger partial charge in [-0.1, -0.05) is 39.0 Å². The number of anilines is 1. The van der Waals surface area contributed by atoms with Gasteiger partial charge in [-0.2, -0.15) is 13.2 Å². The molecule has 0 spiro atoms. The van der Waals surface area contributed by atoms with Crippen LogP contribution in [0.4, 0.5) is 18.9 Å². The number of alkyl halides is 3. The van der Waals surface area contributed by atoms with Gasteiger partial charge in [-0.05, 0) is 40.8 Å². The molecule has 0 aliphatic carbocycles. The molecular weight excluding hydrogens is 445 g/mol. The average Bonchev–Trinajstić information content (AvgIpc) is 2.69. The van der Waals surface area contributed by atoms with Crippen LogP contribution in [-0.2, 0) is 33.0 Å². The van der Waals surface area contributed by atoms with Crippen LogP contribution < -0.4 is 14.4 Å². The van der Waals surface area contributed by atoms with Gasteiger partial charge >= 0.3 is 6.18 Å². The number of carbonyl (C=O) groups excluding carboxylic acids is 1. The maximum absolute atomic E-state index is 12.9. The first-order chi connectivity index (χ1) is 14.7. The zero-order chi connectivity index (χ0) is 23.9. The SMILES string of the molecule is CC(C)(C)c1ccc2c(c1)N(S(C)(=O)=O)C[C@H](C(=O)NCc1cccc(C(F)(F)F)c1)O2. The monoisotopic (exact) mass is 470 g/mol. The summed E-state index contributed by atoms with van der Waals surface area (Å²) >= 11 is 0. The molecule has 0 saturated heterocycles. The number of nitrogens with zero attached hydrogens (tertiary/aromatic N) is 1. The Hall–Kier alpha value is -2.75. The Morgan fingerprint density at radius 1 is 1.12 bits per heavy atom. The lowest BCUT2D eigenvalue weighted by Gasteiger charge is -2.35. The van der Waals surface area contributed by atoms with Crippen LogP contribution in [-0.4, -0.2) is 33.2 Å². The molecule has 0 aromatic heterocycles. The minimum Gasteiger partial charge on any atom is -0.476 e. The molecule has 0 radical (unpaired) electrons. The van der Waals surface area contributed by atoms with E-state index in [9.17, 15) is 26.4 Å². The fourth-order valence-corrected chi connectivity index (χ4v) is 4.24. The predicted molar refractivity (Wildman–Crippen MR) is 115 cm³/mol. The number of nitrogens with one attached hydrogen (secondary N) is 1. The zero-order valence-electron chi connectivity index (χ0n) is 18.2. The van der Waals surface area contributed by atoms with Crippen LogP contribution in [0.1, 0.15) is 37.5 Å². The molecule has 3 rings (SSSR count). The Kier molecular flexibility index (Phi) is 6.21. The van der Waals surface area contributed by atoms with E-state index >= 15 is 0 Å². The predicted octanol–water partition coefficient (Wildman–Crippen LogP) is 3.85. The molecule has 1 atom stereocenters. The number of carbonyl (C=O) groups is 1. The summed E-state index contributed by atoms with van der Waals surface area (Å²) in [6, 6.07) is 9.78. The van der Waals surface area contributed by atoms with Crippen molar-refractivity contribution < 1.29 is 31.1 Å². The molecule has 10 heteroatoms. The number of hydrogen-bond donors (Lipinski definition) is 1. The number of fused-ring (bicyclic) bond motifs is 1. The van der Waals surface area contributed by atoms with Crippen LogP contribution in [0.5, 0.6) is 5.75 Å². The standard InChI is InChI=1S/C22H25F3N2O4S/c1-21(2,3)15-8-9-18-17(11-15)27(32(4,29)30)13-19(31-18)20(28)26-12-14-6-5-7-16(10-14)22(23,24)25/h5-11,19H,12-13H2,1-4H3,(H,26,28)/t19-/m1/s1. The molecular formula is C22H25F3N2O4S. The summed E-state index contributed by atoms with van der Waals surface area (Å²) in [4.78, 5) is 12.7. The normalized spacial score (nSPS) is 16.8. The highest BCUT2D eigenvalue weighted by molar-refractivity contribution is 7.92. The highest BCUT2D eigenvalue weighted by atomic mass is 32.2. The first-order valence-electron chi connectivity index (χ1n) is 9.89. The van der Waals surface area contributed by atoms with E-state index in [0.29, 0.717) is 5.69 Å². The summed E-state index contributed by atoms with van der Waals surface area (Å²) in [5, 5.41) is 2.53. The molecule has 32 heavy (non-hydrogen) atoms. The van der Waals surface area contributed by atoms with Gasteiger partial charge in [0.25, 0.3) is 5.91 Å². The summed E-state index contributed by atoms with van der Waals surface area (Å²) in [5.41, 5.74) is 0.476. The summed E-state index contributed by atoms with van der Waals surface area (Å²) in [7, 11) is -3.71. The van der Waals surface area contributed by atoms with Gasteiger partial charge in [0.05, 0.1) is 24.1 Å². The largest absolute Gasteiger partial charge is 0.476 e. The number of benzene rings is 2. The minimum absolute atomic E-state index is 0.155. The number of sulfonamides is 1. The fraction of sp³-hybridized carbons (Fsp3) is 0.409. The van der Waals surface area contributed by atoms with Crippen molar-refractivity contribution >= 4 is 21.6 Å². The van der Waals surface area contributed by atoms with Crippen molar-refractivity contribution in [2.75, 3.05) is 17.1 Å². The van der Waals surface area contributed by atoms with E-state index in [2.05, 4.69) is 5.32 Å². The Bertz CT molecular complexity index is 1120. The number of rotatable bonds is 4. The van der Waals surface area contributed by atoms with Crippen molar-refractivity contribution in [1.82, 2.24) is 5.32 Å². The molecule has 1 heterocycles. The number of ether oxygens (including phenoxy) is 1. The molecule has 6 nitrogen and oxygen atoms in total. The molecule has 0 bridgehead atoms. The molecule has 2 aromatic rings. The smallest absolute Gasteiger partial charge is 0.416 e. The van der Waals surface area contributed by atoms with Crippen LogP contribution in [0.2, 0.25) is 0 Å². The number of halogens is 3. The minimum atomic E-state index is -4.49. The van der Waals surface area contributed by atoms with Crippen molar-refractivity contribution in [1.29, 1.82) is 0 Å². The van der Waals surface area contributed by atoms with Gasteiger partial charge in [0, 0.05) is 6.54 Å². The average molecular weight is 471 g/mol. The molecule has 0 unspecified atom stereocenters. The van der Waals surface area contributed by atoms with Crippen LogP contribution in [0.25, 0.3) is 0 Å². The highest BCUT2D eigenvalue weighted by Gasteiger charge is 2.36. The van der Waals surface area contributed by atoms with Crippen LogP contribution in [0.15, 0.2) is 42.5 Å². The van der Waals surface area contributed by atoms with E-state index in [1.807, 2.05) is 26.8 Å². The van der Waals surface area contributed by atoms with Crippen LogP contribution in [0, 0.1) is 0 Å². The topological polar surface area (TPSA) is 75.7 Å². The molecule has 1 aliphatic rings. The second-order valence-electron chi connectivity index (χ2n) is 8.75. The van der Waals surface area contributed by atoms with Gasteiger partial charge in [-0.25, -0.2) is 8.42 Å². The van der Waals surface area contributed by atoms with E-state index < -0.39 is 33.8 Å². The molecule has 1 amide bonds. The fourth-order valence-electron chi connectivity index (χ4n) is 3.33. The first kappa shape index (κ1) is 23.9. The third-order valence-corrected chi connectivity index (χ3v) is 6.25. The van der Waals surface area contributed by atoms with Gasteiger partial charge in [0.1, 0.15) is 5.75 Å². The summed E-state index contributed by atoms with van der Waals surface area (Å²) in [6.45, 7) is 5.58. The van der Waals surface area contributed by atoms with Gasteiger partial charge in [0.2, 0.25) is 10.0 Å². The summed E-state index contributed by atoms with van der Waals surface area (Å²) in [5.74, 6) is -0.379. The summed E-state index contributed by atoms with van der Waals surface area (Å²) in [6.07, 6.45) is -4.59. The Labute approximate surface area is 185 Å². The second kappa shape index (κ2) is 8.31. The third kappa shape index (κ3) is 5.35. The molecule has 174 valence electrons. The number of amides is 1. The van der Waals surface area contributed by atoms with E-state index in [1.54, 1.807) is 12.1 Å². The van der Waals surface area contributed by atoms with Crippen LogP contribution in [0.3, 0.4) is 0 Å². The van der Waals surface area contributed by atoms with Crippen molar-refractivity contribution in [3.63, 3.8) is 0 Å². The highest BCUT2D eigenvalue weighted by Crippen LogP contribution is 2.38. The van der Waals surface area contributed by atoms with E-state index in [0.717, 1.165) is 28.3 Å². The molecule has 1 N–H and O–H groups in total. The van der Waals surface area contributed by atoms with Gasteiger partial charge in [-0.3, -0.25) is 9.10 Å². The Morgan fingerprint density at radius 2 is 1.81 bits per heavy atom. The quantitative estimate of drug-likeness (QED) is 0.737. The van der Waals surface area contributed by atoms with Crippen molar-refractivity contribution in [3.05, 3.63) is 59.2 Å². The molecule has 0 saturated carbocycles. The first-order valence-corrected chi connectivity index (χ1v) is 11.7. The van der Waals surface area contributed by atoms with E-state index in [-0.39, 0.29) is 29.8 Å². The van der Waals surface area contributed by atoms with Crippen molar-refractivity contribution in [2.24, 2.45) is 0 Å². The maximum Gasteiger partial charge on any atom is 0.416 e. The molecule has 2 aromatic carbocycles. The zero-order valence-corrected chi connectivity index (χ0v) is 19.0. The maximum atomic E-state index is 12.9. The van der Waals surface area contributed by atoms with Gasteiger partial charge in [-0.15, -0.1) is 0 Å². The molecule has 1 aliphatic heterocycles. The van der Waals surface area contributed by atoms with Crippen molar-refractivity contribution in [3.8, 4) is 5.75 Å². The lowest BCUT2D eigenvalue weighted by atomic mass is 9.86. The Balaban J connectivity index is 1.81. The van der Waals surface area contributed by atoms with Gasteiger partial charge < -0.3 is 10.1 Å². The van der Waals surface area contributed by atoms with Crippen LogP contribution >= 0.6 is 0 Å². The van der Waals surface area contributed by atoms with E-state index in [1.165, 1.54) is 12.1 Å². The molecule has 0 fully saturated rings. The van der Waals surface area contributed by atoms with E-state index in [4.69, 9.17) is 4.74 Å². The third-order valence-electron chi connectivity index (χ3n) is 5.11. The summed E-state index contributed by atoms with van der Waals surface area (Å²) < 4.78 is 70.4. The number of hydrogen-bond acceptors (Lipinski definition) is 4. The Morgan fingerprint density at radius 3 is 2.41 bits per heavy atom. The lowest BCUT2D eigenvalue weighted by Crippen LogP contribution is -2.50. The second-order valence-corrected chi connectivity index (χ2v) is 10.7. The van der Waals surface area contributed by atoms with Gasteiger partial charge in [0.15, 0.2) is 6.10 Å². The van der Waals surface area contributed by atoms with Crippen molar-refractivity contribution in [2.45, 2.75) is 45.0 Å². The lowest BCUT2D eigenvalue weighted by molar-refractivity contribution is -0.137.